The molecule has 1 fully saturated rings. The second-order valence-corrected chi connectivity index (χ2v) is 8.57. The van der Waals surface area contributed by atoms with Crippen LogP contribution in [0.25, 0.3) is 0 Å². The van der Waals surface area contributed by atoms with Crippen molar-refractivity contribution in [1.29, 1.82) is 0 Å². The lowest BCUT2D eigenvalue weighted by Gasteiger charge is -2.34. The highest BCUT2D eigenvalue weighted by Crippen LogP contribution is 2.35. The zero-order chi connectivity index (χ0) is 25.8. The van der Waals surface area contributed by atoms with Gasteiger partial charge in [0, 0.05) is 51.4 Å². The van der Waals surface area contributed by atoms with Crippen LogP contribution >= 0.6 is 0 Å². The first kappa shape index (κ1) is 24.8. The number of ether oxygens (including phenoxy) is 2. The van der Waals surface area contributed by atoms with E-state index in [1.165, 1.54) is 17.8 Å². The van der Waals surface area contributed by atoms with E-state index in [9.17, 15) is 14.4 Å². The second kappa shape index (κ2) is 10.5. The first-order valence-corrected chi connectivity index (χ1v) is 11.6. The van der Waals surface area contributed by atoms with Gasteiger partial charge >= 0.3 is 0 Å². The van der Waals surface area contributed by atoms with Gasteiger partial charge in [-0.15, -0.1) is 0 Å². The van der Waals surface area contributed by atoms with Gasteiger partial charge in [-0.05, 0) is 42.8 Å². The number of anilines is 2. The van der Waals surface area contributed by atoms with Crippen molar-refractivity contribution in [1.82, 2.24) is 19.6 Å². The summed E-state index contributed by atoms with van der Waals surface area (Å²) in [6, 6.07) is 12.4. The first-order valence-electron chi connectivity index (χ1n) is 11.6. The summed E-state index contributed by atoms with van der Waals surface area (Å²) < 4.78 is 12.6. The van der Waals surface area contributed by atoms with Crippen molar-refractivity contribution in [2.24, 2.45) is 7.05 Å². The van der Waals surface area contributed by atoms with E-state index in [4.69, 9.17) is 9.47 Å². The Morgan fingerprint density at radius 3 is 2.39 bits per heavy atom. The first-order chi connectivity index (χ1) is 17.3. The summed E-state index contributed by atoms with van der Waals surface area (Å²) in [5.41, 5.74) is 1.81. The third kappa shape index (κ3) is 5.32. The highest BCUT2D eigenvalue weighted by Gasteiger charge is 2.23. The molecule has 1 aliphatic heterocycles. The Morgan fingerprint density at radius 1 is 0.972 bits per heavy atom. The molecule has 2 heterocycles. The molecule has 0 bridgehead atoms. The van der Waals surface area contributed by atoms with E-state index in [2.05, 4.69) is 10.4 Å². The number of amides is 2. The standard InChI is InChI=1S/C26H29N5O5/c1-17-8-9-21(22(14-17)35-4)36-23-16-27-29(3)26(34)24(23)28-20-7-5-6-19(15-20)25(33)31-12-10-30(11-13-31)18(2)32/h5-9,14-16,28H,10-13H2,1-4H3. The summed E-state index contributed by atoms with van der Waals surface area (Å²) in [7, 11) is 3.09. The van der Waals surface area contributed by atoms with Gasteiger partial charge in [-0.25, -0.2) is 4.68 Å². The van der Waals surface area contributed by atoms with Crippen LogP contribution in [0.3, 0.4) is 0 Å². The number of piperazine rings is 1. The van der Waals surface area contributed by atoms with Gasteiger partial charge in [0.15, 0.2) is 22.9 Å². The molecule has 1 saturated heterocycles. The fraction of sp³-hybridized carbons (Fsp3) is 0.308. The molecule has 0 atom stereocenters. The van der Waals surface area contributed by atoms with Gasteiger partial charge < -0.3 is 24.6 Å². The molecule has 3 aromatic rings. The molecule has 4 rings (SSSR count). The highest BCUT2D eigenvalue weighted by molar-refractivity contribution is 5.95. The molecular weight excluding hydrogens is 462 g/mol. The summed E-state index contributed by atoms with van der Waals surface area (Å²) >= 11 is 0. The van der Waals surface area contributed by atoms with Gasteiger partial charge in [-0.1, -0.05) is 12.1 Å². The minimum atomic E-state index is -0.393. The molecule has 1 aliphatic rings. The molecule has 0 unspecified atom stereocenters. The SMILES string of the molecule is COc1cc(C)ccc1Oc1cnn(C)c(=O)c1Nc1cccc(C(=O)N2CCN(C(C)=O)CC2)c1. The second-order valence-electron chi connectivity index (χ2n) is 8.57. The molecule has 2 aromatic carbocycles. The number of carbonyl (C=O) groups excluding carboxylic acids is 2. The summed E-state index contributed by atoms with van der Waals surface area (Å²) in [6.45, 7) is 5.43. The van der Waals surface area contributed by atoms with Crippen molar-refractivity contribution in [3.63, 3.8) is 0 Å². The Kier molecular flexibility index (Phi) is 7.23. The smallest absolute Gasteiger partial charge is 0.294 e. The van der Waals surface area contributed by atoms with Gasteiger partial charge in [-0.2, -0.15) is 5.10 Å². The molecule has 0 radical (unpaired) electrons. The molecule has 0 aliphatic carbocycles. The Labute approximate surface area is 209 Å². The molecule has 36 heavy (non-hydrogen) atoms. The number of hydrogen-bond donors (Lipinski definition) is 1. The number of methoxy groups -OCH3 is 1. The summed E-state index contributed by atoms with van der Waals surface area (Å²) in [6.07, 6.45) is 1.45. The number of aryl methyl sites for hydroxylation is 2. The zero-order valence-corrected chi connectivity index (χ0v) is 20.8. The van der Waals surface area contributed by atoms with Crippen LogP contribution in [-0.4, -0.2) is 64.7 Å². The maximum Gasteiger partial charge on any atom is 0.294 e. The number of hydrogen-bond acceptors (Lipinski definition) is 7. The van der Waals surface area contributed by atoms with E-state index in [0.29, 0.717) is 48.9 Å². The van der Waals surface area contributed by atoms with Gasteiger partial charge in [0.1, 0.15) is 0 Å². The van der Waals surface area contributed by atoms with E-state index in [0.717, 1.165) is 5.56 Å². The summed E-state index contributed by atoms with van der Waals surface area (Å²) in [4.78, 5) is 41.1. The molecule has 1 aromatic heterocycles. The molecule has 0 spiro atoms. The van der Waals surface area contributed by atoms with Crippen LogP contribution in [-0.2, 0) is 11.8 Å². The van der Waals surface area contributed by atoms with E-state index < -0.39 is 5.56 Å². The molecule has 0 saturated carbocycles. The number of nitrogens with one attached hydrogen (secondary N) is 1. The Morgan fingerprint density at radius 2 is 1.69 bits per heavy atom. The fourth-order valence-corrected chi connectivity index (χ4v) is 3.97. The topological polar surface area (TPSA) is 106 Å². The summed E-state index contributed by atoms with van der Waals surface area (Å²) in [5.74, 6) is 1.06. The van der Waals surface area contributed by atoms with Crippen LogP contribution in [0, 0.1) is 6.92 Å². The quantitative estimate of drug-likeness (QED) is 0.565. The molecule has 1 N–H and O–H groups in total. The predicted octanol–water partition coefficient (Wildman–Crippen LogP) is 2.94. The minimum absolute atomic E-state index is 0.00788. The lowest BCUT2D eigenvalue weighted by molar-refractivity contribution is -0.130. The Hall–Kier alpha value is -4.34. The third-order valence-electron chi connectivity index (χ3n) is 6.03. The third-order valence-corrected chi connectivity index (χ3v) is 6.03. The van der Waals surface area contributed by atoms with Gasteiger partial charge in [0.2, 0.25) is 5.91 Å². The van der Waals surface area contributed by atoms with Crippen molar-refractivity contribution < 1.29 is 19.1 Å². The normalized spacial score (nSPS) is 13.3. The molecule has 10 heteroatoms. The van der Waals surface area contributed by atoms with Crippen LogP contribution in [0.2, 0.25) is 0 Å². The number of benzene rings is 2. The number of rotatable bonds is 6. The summed E-state index contributed by atoms with van der Waals surface area (Å²) in [5, 5.41) is 7.19. The lowest BCUT2D eigenvalue weighted by Crippen LogP contribution is -2.50. The van der Waals surface area contributed by atoms with E-state index >= 15 is 0 Å². The number of nitrogens with zero attached hydrogens (tertiary/aromatic N) is 4. The van der Waals surface area contributed by atoms with E-state index in [1.807, 2.05) is 19.1 Å². The predicted molar refractivity (Wildman–Crippen MR) is 135 cm³/mol. The van der Waals surface area contributed by atoms with Crippen molar-refractivity contribution in [2.75, 3.05) is 38.6 Å². The largest absolute Gasteiger partial charge is 0.493 e. The van der Waals surface area contributed by atoms with E-state index in [-0.39, 0.29) is 23.3 Å². The number of aromatic nitrogens is 2. The van der Waals surface area contributed by atoms with Gasteiger partial charge in [-0.3, -0.25) is 14.4 Å². The zero-order valence-electron chi connectivity index (χ0n) is 20.8. The Bertz CT molecular complexity index is 1340. The molecule has 10 nitrogen and oxygen atoms in total. The fourth-order valence-electron chi connectivity index (χ4n) is 3.97. The monoisotopic (exact) mass is 491 g/mol. The average molecular weight is 492 g/mol. The molecule has 2 amide bonds. The van der Waals surface area contributed by atoms with Crippen molar-refractivity contribution in [2.45, 2.75) is 13.8 Å². The van der Waals surface area contributed by atoms with Crippen LogP contribution in [0.5, 0.6) is 17.2 Å². The maximum absolute atomic E-state index is 13.1. The molecule has 188 valence electrons. The van der Waals surface area contributed by atoms with E-state index in [1.54, 1.807) is 54.3 Å². The lowest BCUT2D eigenvalue weighted by atomic mass is 10.1. The van der Waals surface area contributed by atoms with Gasteiger partial charge in [0.05, 0.1) is 13.3 Å². The highest BCUT2D eigenvalue weighted by atomic mass is 16.5. The Balaban J connectivity index is 1.58. The van der Waals surface area contributed by atoms with Crippen LogP contribution in [0.4, 0.5) is 11.4 Å². The molecular formula is C26H29N5O5. The number of carbonyl (C=O) groups is 2. The van der Waals surface area contributed by atoms with Crippen LogP contribution in [0.15, 0.2) is 53.5 Å². The van der Waals surface area contributed by atoms with Crippen molar-refractivity contribution in [3.8, 4) is 17.2 Å². The van der Waals surface area contributed by atoms with Crippen molar-refractivity contribution >= 4 is 23.2 Å². The van der Waals surface area contributed by atoms with Crippen molar-refractivity contribution in [3.05, 3.63) is 70.1 Å². The average Bonchev–Trinajstić information content (AvgIpc) is 2.89. The van der Waals surface area contributed by atoms with Crippen LogP contribution in [0.1, 0.15) is 22.8 Å². The van der Waals surface area contributed by atoms with Crippen LogP contribution < -0.4 is 20.3 Å². The maximum atomic E-state index is 13.1. The minimum Gasteiger partial charge on any atom is -0.493 e. The van der Waals surface area contributed by atoms with Gasteiger partial charge in [0.25, 0.3) is 11.5 Å².